The van der Waals surface area contributed by atoms with E-state index >= 15 is 0 Å². The van der Waals surface area contributed by atoms with Crippen LogP contribution >= 0.6 is 0 Å². The van der Waals surface area contributed by atoms with E-state index in [4.69, 9.17) is 9.47 Å². The number of hydrogen-bond acceptors (Lipinski definition) is 4. The monoisotopic (exact) mass is 255 g/mol. The maximum Gasteiger partial charge on any atom is 0.408 e. The molecule has 5 nitrogen and oxygen atoms in total. The summed E-state index contributed by atoms with van der Waals surface area (Å²) in [7, 11) is 0. The molecule has 1 amide bonds. The van der Waals surface area contributed by atoms with Crippen LogP contribution in [0.25, 0.3) is 0 Å². The van der Waals surface area contributed by atoms with E-state index in [2.05, 4.69) is 18.5 Å². The lowest BCUT2D eigenvalue weighted by Crippen LogP contribution is -2.42. The Morgan fingerprint density at radius 2 is 1.89 bits per heavy atom. The highest BCUT2D eigenvalue weighted by Gasteiger charge is 2.21. The number of amides is 1. The Labute approximate surface area is 108 Å². The summed E-state index contributed by atoms with van der Waals surface area (Å²) < 4.78 is 9.78. The summed E-state index contributed by atoms with van der Waals surface area (Å²) in [6, 6.07) is -0.765. The fraction of sp³-hybridized carbons (Fsp3) is 0.538. The SMILES string of the molecule is C=CCOC(=O)NC(CC=C)C(=O)OCC(C)C. The van der Waals surface area contributed by atoms with Gasteiger partial charge < -0.3 is 14.8 Å². The summed E-state index contributed by atoms with van der Waals surface area (Å²) >= 11 is 0. The molecule has 0 aromatic rings. The molecule has 0 aliphatic carbocycles. The van der Waals surface area contributed by atoms with Crippen molar-refractivity contribution < 1.29 is 19.1 Å². The first-order chi connectivity index (χ1) is 8.51. The number of rotatable bonds is 8. The maximum atomic E-state index is 11.7. The normalized spacial score (nSPS) is 11.5. The van der Waals surface area contributed by atoms with Crippen LogP contribution in [0.15, 0.2) is 25.3 Å². The molecule has 102 valence electrons. The second-order valence-electron chi connectivity index (χ2n) is 4.13. The molecule has 0 rings (SSSR count). The molecule has 5 heteroatoms. The fourth-order valence-electron chi connectivity index (χ4n) is 1.05. The van der Waals surface area contributed by atoms with Crippen molar-refractivity contribution in [3.05, 3.63) is 25.3 Å². The minimum atomic E-state index is -0.765. The highest BCUT2D eigenvalue weighted by atomic mass is 16.6. The Balaban J connectivity index is 4.26. The predicted molar refractivity (Wildman–Crippen MR) is 69.1 cm³/mol. The van der Waals surface area contributed by atoms with E-state index in [0.29, 0.717) is 13.0 Å². The van der Waals surface area contributed by atoms with Crippen LogP contribution in [0.3, 0.4) is 0 Å². The summed E-state index contributed by atoms with van der Waals surface area (Å²) in [4.78, 5) is 23.0. The van der Waals surface area contributed by atoms with Crippen LogP contribution in [0, 0.1) is 5.92 Å². The molecule has 0 fully saturated rings. The summed E-state index contributed by atoms with van der Waals surface area (Å²) in [5.41, 5.74) is 0. The van der Waals surface area contributed by atoms with Crippen molar-refractivity contribution in [1.29, 1.82) is 0 Å². The number of nitrogens with one attached hydrogen (secondary N) is 1. The average Bonchev–Trinajstić information content (AvgIpc) is 2.32. The van der Waals surface area contributed by atoms with Crippen molar-refractivity contribution in [1.82, 2.24) is 5.32 Å². The molecule has 0 radical (unpaired) electrons. The van der Waals surface area contributed by atoms with Gasteiger partial charge in [0.05, 0.1) is 6.61 Å². The molecule has 1 unspecified atom stereocenters. The van der Waals surface area contributed by atoms with E-state index in [-0.39, 0.29) is 12.5 Å². The van der Waals surface area contributed by atoms with Crippen molar-refractivity contribution >= 4 is 12.1 Å². The van der Waals surface area contributed by atoms with E-state index in [1.165, 1.54) is 12.2 Å². The van der Waals surface area contributed by atoms with Gasteiger partial charge in [0.2, 0.25) is 0 Å². The van der Waals surface area contributed by atoms with Gasteiger partial charge in [-0.15, -0.1) is 6.58 Å². The van der Waals surface area contributed by atoms with Crippen LogP contribution in [0.4, 0.5) is 4.79 Å². The van der Waals surface area contributed by atoms with Crippen LogP contribution in [0.1, 0.15) is 20.3 Å². The van der Waals surface area contributed by atoms with E-state index in [0.717, 1.165) is 0 Å². The van der Waals surface area contributed by atoms with Gasteiger partial charge in [0.1, 0.15) is 12.6 Å². The number of hydrogen-bond donors (Lipinski definition) is 1. The minimum absolute atomic E-state index is 0.0910. The van der Waals surface area contributed by atoms with Gasteiger partial charge in [-0.2, -0.15) is 0 Å². The van der Waals surface area contributed by atoms with Gasteiger partial charge in [0, 0.05) is 0 Å². The lowest BCUT2D eigenvalue weighted by Gasteiger charge is -2.16. The van der Waals surface area contributed by atoms with Crippen LogP contribution in [0.5, 0.6) is 0 Å². The van der Waals surface area contributed by atoms with Gasteiger partial charge in [0.25, 0.3) is 0 Å². The minimum Gasteiger partial charge on any atom is -0.464 e. The number of carbonyl (C=O) groups excluding carboxylic acids is 2. The largest absolute Gasteiger partial charge is 0.464 e. The zero-order valence-corrected chi connectivity index (χ0v) is 11.0. The fourth-order valence-corrected chi connectivity index (χ4v) is 1.05. The molecule has 0 spiro atoms. The Morgan fingerprint density at radius 3 is 2.39 bits per heavy atom. The maximum absolute atomic E-state index is 11.7. The molecule has 18 heavy (non-hydrogen) atoms. The first-order valence-electron chi connectivity index (χ1n) is 5.83. The molecule has 0 aliphatic heterocycles. The molecule has 1 atom stereocenters. The molecule has 0 aliphatic rings. The third-order valence-electron chi connectivity index (χ3n) is 1.87. The Kier molecular flexibility index (Phi) is 8.35. The molecule has 0 heterocycles. The summed E-state index contributed by atoms with van der Waals surface area (Å²) in [5.74, 6) is -0.245. The van der Waals surface area contributed by atoms with Crippen LogP contribution in [-0.4, -0.2) is 31.3 Å². The second kappa shape index (κ2) is 9.27. The van der Waals surface area contributed by atoms with E-state index < -0.39 is 18.1 Å². The first-order valence-corrected chi connectivity index (χ1v) is 5.83. The van der Waals surface area contributed by atoms with Gasteiger partial charge in [0.15, 0.2) is 0 Å². The quantitative estimate of drug-likeness (QED) is 0.532. The summed E-state index contributed by atoms with van der Waals surface area (Å²) in [5, 5.41) is 2.42. The molecule has 1 N–H and O–H groups in total. The number of esters is 1. The second-order valence-corrected chi connectivity index (χ2v) is 4.13. The summed E-state index contributed by atoms with van der Waals surface area (Å²) in [6.45, 7) is 11.2. The third-order valence-corrected chi connectivity index (χ3v) is 1.87. The predicted octanol–water partition coefficient (Wildman–Crippen LogP) is 2.04. The van der Waals surface area contributed by atoms with Gasteiger partial charge in [-0.25, -0.2) is 9.59 Å². The van der Waals surface area contributed by atoms with Gasteiger partial charge in [-0.3, -0.25) is 0 Å². The van der Waals surface area contributed by atoms with E-state index in [1.807, 2.05) is 13.8 Å². The van der Waals surface area contributed by atoms with Crippen molar-refractivity contribution in [3.8, 4) is 0 Å². The standard InChI is InChI=1S/C13H21NO4/c1-5-7-11(12(15)18-9-10(3)4)14-13(16)17-8-6-2/h5-6,10-11H,1-2,7-9H2,3-4H3,(H,14,16). The van der Waals surface area contributed by atoms with Crippen molar-refractivity contribution in [2.45, 2.75) is 26.3 Å². The number of alkyl carbamates (subject to hydrolysis) is 1. The van der Waals surface area contributed by atoms with Gasteiger partial charge >= 0.3 is 12.1 Å². The van der Waals surface area contributed by atoms with Gasteiger partial charge in [-0.05, 0) is 12.3 Å². The van der Waals surface area contributed by atoms with Crippen LogP contribution in [-0.2, 0) is 14.3 Å². The Bertz CT molecular complexity index is 299. The van der Waals surface area contributed by atoms with E-state index in [1.54, 1.807) is 0 Å². The number of carbonyl (C=O) groups is 2. The lowest BCUT2D eigenvalue weighted by atomic mass is 10.2. The summed E-state index contributed by atoms with van der Waals surface area (Å²) in [6.07, 6.45) is 2.59. The van der Waals surface area contributed by atoms with Crippen molar-refractivity contribution in [2.24, 2.45) is 5.92 Å². The van der Waals surface area contributed by atoms with Crippen molar-refractivity contribution in [2.75, 3.05) is 13.2 Å². The Hall–Kier alpha value is -1.78. The molecule has 0 saturated heterocycles. The van der Waals surface area contributed by atoms with Crippen molar-refractivity contribution in [3.63, 3.8) is 0 Å². The van der Waals surface area contributed by atoms with Crippen LogP contribution < -0.4 is 5.32 Å². The smallest absolute Gasteiger partial charge is 0.408 e. The highest BCUT2D eigenvalue weighted by molar-refractivity contribution is 5.81. The molecular formula is C13H21NO4. The molecule has 0 aromatic heterocycles. The molecule has 0 aromatic carbocycles. The Morgan fingerprint density at radius 1 is 1.22 bits per heavy atom. The average molecular weight is 255 g/mol. The topological polar surface area (TPSA) is 64.6 Å². The van der Waals surface area contributed by atoms with Crippen LogP contribution in [0.2, 0.25) is 0 Å². The van der Waals surface area contributed by atoms with E-state index in [9.17, 15) is 9.59 Å². The molecular weight excluding hydrogens is 234 g/mol. The first kappa shape index (κ1) is 16.2. The molecule has 0 saturated carbocycles. The third kappa shape index (κ3) is 7.49. The zero-order valence-electron chi connectivity index (χ0n) is 11.0. The van der Waals surface area contributed by atoms with Gasteiger partial charge in [-0.1, -0.05) is 32.6 Å². The molecule has 0 bridgehead atoms. The zero-order chi connectivity index (χ0) is 14.0. The lowest BCUT2D eigenvalue weighted by molar-refractivity contribution is -0.147. The highest BCUT2D eigenvalue weighted by Crippen LogP contribution is 2.01. The number of ether oxygens (including phenoxy) is 2.